The molecule has 4 heteroatoms. The number of carbonyl (C=O) groups is 1. The molecule has 0 aliphatic heterocycles. The minimum absolute atomic E-state index is 0.196. The number of unbranched alkanes of at least 4 members (excludes halogenated alkanes) is 9. The first-order valence-corrected chi connectivity index (χ1v) is 11.8. The summed E-state index contributed by atoms with van der Waals surface area (Å²) in [5.41, 5.74) is -1.33. The minimum atomic E-state index is -1.79. The van der Waals surface area contributed by atoms with Gasteiger partial charge in [-0.1, -0.05) is 101 Å². The predicted molar refractivity (Wildman–Crippen MR) is 123 cm³/mol. The quantitative estimate of drug-likeness (QED) is 0.191. The molecule has 1 aromatic carbocycles. The van der Waals surface area contributed by atoms with Gasteiger partial charge in [0.25, 0.3) is 0 Å². The van der Waals surface area contributed by atoms with Crippen LogP contribution in [-0.4, -0.2) is 27.4 Å². The maximum Gasteiger partial charge on any atom is 0.340 e. The van der Waals surface area contributed by atoms with Crippen LogP contribution in [0, 0.1) is 0 Å². The third kappa shape index (κ3) is 10.9. The summed E-state index contributed by atoms with van der Waals surface area (Å²) < 4.78 is 0. The molecule has 0 aliphatic rings. The highest BCUT2D eigenvalue weighted by Crippen LogP contribution is 2.28. The Morgan fingerprint density at radius 1 is 0.933 bits per heavy atom. The fourth-order valence-electron chi connectivity index (χ4n) is 3.73. The second-order valence-corrected chi connectivity index (χ2v) is 8.40. The Kier molecular flexibility index (Phi) is 14.2. The van der Waals surface area contributed by atoms with Crippen molar-refractivity contribution in [1.29, 1.82) is 0 Å². The molecule has 4 nitrogen and oxygen atoms in total. The van der Waals surface area contributed by atoms with Crippen LogP contribution in [0.5, 0.6) is 0 Å². The first-order chi connectivity index (χ1) is 14.5. The summed E-state index contributed by atoms with van der Waals surface area (Å²) in [5, 5.41) is 30.0. The van der Waals surface area contributed by atoms with Gasteiger partial charge in [0.2, 0.25) is 0 Å². The molecule has 170 valence electrons. The molecule has 1 rings (SSSR count). The van der Waals surface area contributed by atoms with Crippen LogP contribution in [-0.2, 0) is 10.4 Å². The number of rotatable bonds is 18. The monoisotopic (exact) mass is 418 g/mol. The number of carboxylic acid groups (broad SMARTS) is 1. The molecule has 0 saturated heterocycles. The molecule has 0 radical (unpaired) electrons. The van der Waals surface area contributed by atoms with Crippen molar-refractivity contribution >= 4 is 5.97 Å². The summed E-state index contributed by atoms with van der Waals surface area (Å²) in [6.45, 7) is 2.20. The van der Waals surface area contributed by atoms with Crippen LogP contribution in [0.15, 0.2) is 42.5 Å². The number of aliphatic carboxylic acids is 1. The molecular formula is C26H42O4. The second-order valence-electron chi connectivity index (χ2n) is 8.40. The molecule has 30 heavy (non-hydrogen) atoms. The van der Waals surface area contributed by atoms with E-state index in [2.05, 4.69) is 19.1 Å². The van der Waals surface area contributed by atoms with Gasteiger partial charge < -0.3 is 15.3 Å². The zero-order valence-corrected chi connectivity index (χ0v) is 18.8. The lowest BCUT2D eigenvalue weighted by molar-refractivity contribution is -0.160. The van der Waals surface area contributed by atoms with Gasteiger partial charge in [-0.3, -0.25) is 0 Å². The number of hydrogen-bond acceptors (Lipinski definition) is 3. The van der Waals surface area contributed by atoms with Gasteiger partial charge in [0.15, 0.2) is 5.60 Å². The van der Waals surface area contributed by atoms with Gasteiger partial charge in [0.1, 0.15) is 0 Å². The Labute approximate surface area is 183 Å². The molecule has 0 bridgehead atoms. The van der Waals surface area contributed by atoms with Crippen molar-refractivity contribution in [2.24, 2.45) is 0 Å². The van der Waals surface area contributed by atoms with Crippen LogP contribution in [0.1, 0.15) is 102 Å². The molecule has 0 saturated carbocycles. The maximum atomic E-state index is 11.6. The first-order valence-electron chi connectivity index (χ1n) is 11.8. The lowest BCUT2D eigenvalue weighted by atomic mass is 9.88. The molecule has 3 N–H and O–H groups in total. The lowest BCUT2D eigenvalue weighted by Crippen LogP contribution is -2.35. The number of allylic oxidation sites excluding steroid dienone is 1. The topological polar surface area (TPSA) is 77.8 Å². The molecule has 0 fully saturated rings. The van der Waals surface area contributed by atoms with Crippen LogP contribution in [0.4, 0.5) is 0 Å². The molecule has 1 aromatic rings. The van der Waals surface area contributed by atoms with Crippen LogP contribution in [0.3, 0.4) is 0 Å². The average molecular weight is 419 g/mol. The third-order valence-corrected chi connectivity index (χ3v) is 5.73. The zero-order valence-electron chi connectivity index (χ0n) is 18.8. The highest BCUT2D eigenvalue weighted by molar-refractivity contribution is 5.79. The van der Waals surface area contributed by atoms with Gasteiger partial charge in [-0.2, -0.15) is 0 Å². The van der Waals surface area contributed by atoms with Gasteiger partial charge in [0, 0.05) is 0 Å². The Balaban J connectivity index is 2.06. The van der Waals surface area contributed by atoms with Crippen LogP contribution in [0.25, 0.3) is 0 Å². The number of hydrogen-bond donors (Lipinski definition) is 3. The summed E-state index contributed by atoms with van der Waals surface area (Å²) >= 11 is 0. The van der Waals surface area contributed by atoms with Gasteiger partial charge in [-0.25, -0.2) is 4.79 Å². The van der Waals surface area contributed by atoms with E-state index in [1.807, 2.05) is 6.07 Å². The predicted octanol–water partition coefficient (Wildman–Crippen LogP) is 6.36. The molecule has 0 aromatic heterocycles. The van der Waals surface area contributed by atoms with Crippen molar-refractivity contribution in [2.75, 3.05) is 0 Å². The number of carboxylic acids is 1. The van der Waals surface area contributed by atoms with Crippen LogP contribution >= 0.6 is 0 Å². The molecule has 2 atom stereocenters. The van der Waals surface area contributed by atoms with E-state index < -0.39 is 11.6 Å². The smallest absolute Gasteiger partial charge is 0.340 e. The van der Waals surface area contributed by atoms with Gasteiger partial charge in [-0.15, -0.1) is 0 Å². The largest absolute Gasteiger partial charge is 0.479 e. The summed E-state index contributed by atoms with van der Waals surface area (Å²) in [6, 6.07) is 8.68. The fourth-order valence-corrected chi connectivity index (χ4v) is 3.73. The zero-order chi connectivity index (χ0) is 22.1. The lowest BCUT2D eigenvalue weighted by Gasteiger charge is -2.23. The van der Waals surface area contributed by atoms with Crippen molar-refractivity contribution in [3.8, 4) is 0 Å². The molecule has 0 spiro atoms. The highest BCUT2D eigenvalue weighted by Gasteiger charge is 2.37. The van der Waals surface area contributed by atoms with E-state index in [9.17, 15) is 20.1 Å². The van der Waals surface area contributed by atoms with Crippen LogP contribution < -0.4 is 0 Å². The summed E-state index contributed by atoms with van der Waals surface area (Å²) in [5.74, 6) is -1.17. The van der Waals surface area contributed by atoms with E-state index in [0.29, 0.717) is 12.0 Å². The van der Waals surface area contributed by atoms with Gasteiger partial charge in [0.05, 0.1) is 6.10 Å². The van der Waals surface area contributed by atoms with E-state index in [0.717, 1.165) is 57.8 Å². The number of aliphatic hydroxyl groups excluding tert-OH is 1. The summed E-state index contributed by atoms with van der Waals surface area (Å²) in [4.78, 5) is 11.6. The van der Waals surface area contributed by atoms with E-state index in [4.69, 9.17) is 0 Å². The van der Waals surface area contributed by atoms with Crippen molar-refractivity contribution in [2.45, 2.75) is 109 Å². The Morgan fingerprint density at radius 3 is 2.23 bits per heavy atom. The fraction of sp³-hybridized carbons (Fsp3) is 0.654. The molecule has 0 aliphatic carbocycles. The molecule has 0 amide bonds. The standard InChI is InChI=1S/C26H42O4/c1-2-3-4-15-20-24(27)21-16-10-8-6-5-7-9-11-17-22-26(30,25(28)29)23-18-13-12-14-19-23/h10,12-14,16,18-19,24,27,30H,2-9,11,15,17,20-22H2,1H3,(H,28,29)/b16-10-/t24-,26?/m1/s1. The van der Waals surface area contributed by atoms with Crippen molar-refractivity contribution in [3.63, 3.8) is 0 Å². The number of aliphatic hydroxyl groups is 2. The SMILES string of the molecule is CCCCCC[C@@H](O)C/C=C\CCCCCCCCC(O)(C(=O)O)c1ccccc1. The molecule has 1 unspecified atom stereocenters. The molecular weight excluding hydrogens is 376 g/mol. The Hall–Kier alpha value is -1.65. The minimum Gasteiger partial charge on any atom is -0.479 e. The first kappa shape index (κ1) is 26.4. The highest BCUT2D eigenvalue weighted by atomic mass is 16.4. The summed E-state index contributed by atoms with van der Waals surface area (Å²) in [7, 11) is 0. The number of benzene rings is 1. The van der Waals surface area contributed by atoms with Crippen molar-refractivity contribution in [1.82, 2.24) is 0 Å². The van der Waals surface area contributed by atoms with Gasteiger partial charge in [-0.05, 0) is 44.1 Å². The second kappa shape index (κ2) is 16.1. The van der Waals surface area contributed by atoms with E-state index in [1.54, 1.807) is 24.3 Å². The van der Waals surface area contributed by atoms with Crippen LogP contribution in [0.2, 0.25) is 0 Å². The third-order valence-electron chi connectivity index (χ3n) is 5.73. The Morgan fingerprint density at radius 2 is 1.57 bits per heavy atom. The maximum absolute atomic E-state index is 11.6. The normalized spacial score (nSPS) is 14.6. The van der Waals surface area contributed by atoms with Crippen molar-refractivity contribution in [3.05, 3.63) is 48.0 Å². The van der Waals surface area contributed by atoms with E-state index in [1.165, 1.54) is 19.3 Å². The molecule has 0 heterocycles. The van der Waals surface area contributed by atoms with E-state index in [-0.39, 0.29) is 12.5 Å². The van der Waals surface area contributed by atoms with Gasteiger partial charge >= 0.3 is 5.97 Å². The van der Waals surface area contributed by atoms with E-state index >= 15 is 0 Å². The van der Waals surface area contributed by atoms with Crippen molar-refractivity contribution < 1.29 is 20.1 Å². The average Bonchev–Trinajstić information content (AvgIpc) is 2.75. The Bertz CT molecular complexity index is 584. The summed E-state index contributed by atoms with van der Waals surface area (Å²) in [6.07, 6.45) is 18.0.